The Hall–Kier alpha value is -3.78. The number of ether oxygens (including phenoxy) is 1. The molecule has 1 N–H and O–H groups in total. The first-order valence-electron chi connectivity index (χ1n) is 10.0. The van der Waals surface area contributed by atoms with E-state index in [0.717, 1.165) is 5.56 Å². The van der Waals surface area contributed by atoms with Gasteiger partial charge in [-0.05, 0) is 54.1 Å². The highest BCUT2D eigenvalue weighted by molar-refractivity contribution is 6.30. The molecular weight excluding hydrogens is 430 g/mol. The number of pyridine rings is 1. The molecule has 8 nitrogen and oxygen atoms in total. The summed E-state index contributed by atoms with van der Waals surface area (Å²) < 4.78 is 8.52. The molecular formula is C23H22ClN5O3. The van der Waals surface area contributed by atoms with Crippen LogP contribution in [-0.2, 0) is 6.54 Å². The van der Waals surface area contributed by atoms with Crippen molar-refractivity contribution in [3.8, 4) is 5.75 Å². The van der Waals surface area contributed by atoms with E-state index in [2.05, 4.69) is 10.4 Å². The standard InChI is InChI=1S/C23H22ClN5O3/c1-27(13-14-32-20-10-8-18(24)9-11-20)22(30)25-19-6-4-5-17(15-19)16-29-23(31)28-12-3-2-7-21(28)26-29/h2-12,15H,13-14,16H2,1H3,(H,25,30). The largest absolute Gasteiger partial charge is 0.492 e. The van der Waals surface area contributed by atoms with Crippen LogP contribution in [0.15, 0.2) is 77.7 Å². The van der Waals surface area contributed by atoms with Gasteiger partial charge in [0.15, 0.2) is 5.65 Å². The molecule has 0 aliphatic carbocycles. The highest BCUT2D eigenvalue weighted by Gasteiger charge is 2.11. The van der Waals surface area contributed by atoms with E-state index in [1.807, 2.05) is 24.3 Å². The van der Waals surface area contributed by atoms with Crippen LogP contribution in [-0.4, -0.2) is 45.3 Å². The second kappa shape index (κ2) is 9.57. The van der Waals surface area contributed by atoms with E-state index in [1.54, 1.807) is 55.7 Å². The first kappa shape index (κ1) is 21.5. The third-order valence-electron chi connectivity index (χ3n) is 4.85. The first-order chi connectivity index (χ1) is 15.5. The van der Waals surface area contributed by atoms with Gasteiger partial charge < -0.3 is 15.0 Å². The molecule has 0 radical (unpaired) electrons. The zero-order valence-corrected chi connectivity index (χ0v) is 18.2. The zero-order valence-electron chi connectivity index (χ0n) is 17.4. The van der Waals surface area contributed by atoms with Crippen molar-refractivity contribution >= 4 is 29.0 Å². The van der Waals surface area contributed by atoms with Gasteiger partial charge in [0.1, 0.15) is 12.4 Å². The lowest BCUT2D eigenvalue weighted by molar-refractivity contribution is 0.207. The number of hydrogen-bond acceptors (Lipinski definition) is 4. The van der Waals surface area contributed by atoms with Crippen molar-refractivity contribution in [3.05, 3.63) is 94.0 Å². The van der Waals surface area contributed by atoms with Crippen LogP contribution in [0, 0.1) is 0 Å². The van der Waals surface area contributed by atoms with Crippen molar-refractivity contribution in [1.82, 2.24) is 19.1 Å². The Labute approximate surface area is 189 Å². The molecule has 2 heterocycles. The fraction of sp³-hybridized carbons (Fsp3) is 0.174. The fourth-order valence-electron chi connectivity index (χ4n) is 3.14. The molecule has 32 heavy (non-hydrogen) atoms. The number of nitrogens with one attached hydrogen (secondary N) is 1. The molecule has 0 aliphatic heterocycles. The summed E-state index contributed by atoms with van der Waals surface area (Å²) in [6.45, 7) is 1.06. The van der Waals surface area contributed by atoms with Gasteiger partial charge in [0, 0.05) is 24.0 Å². The molecule has 0 fully saturated rings. The number of hydrogen-bond donors (Lipinski definition) is 1. The number of fused-ring (bicyclic) bond motifs is 1. The van der Waals surface area contributed by atoms with Gasteiger partial charge in [0.05, 0.1) is 13.1 Å². The van der Waals surface area contributed by atoms with Gasteiger partial charge in [-0.15, -0.1) is 5.10 Å². The summed E-state index contributed by atoms with van der Waals surface area (Å²) >= 11 is 5.86. The normalized spacial score (nSPS) is 10.8. The highest BCUT2D eigenvalue weighted by atomic mass is 35.5. The summed E-state index contributed by atoms with van der Waals surface area (Å²) in [5, 5.41) is 7.85. The second-order valence-electron chi connectivity index (χ2n) is 7.22. The summed E-state index contributed by atoms with van der Waals surface area (Å²) in [6.07, 6.45) is 1.68. The van der Waals surface area contributed by atoms with Gasteiger partial charge in [-0.1, -0.05) is 29.8 Å². The predicted molar refractivity (Wildman–Crippen MR) is 124 cm³/mol. The van der Waals surface area contributed by atoms with Crippen LogP contribution in [0.5, 0.6) is 5.75 Å². The van der Waals surface area contributed by atoms with E-state index in [4.69, 9.17) is 16.3 Å². The fourth-order valence-corrected chi connectivity index (χ4v) is 3.27. The summed E-state index contributed by atoms with van der Waals surface area (Å²) in [5.41, 5.74) is 1.86. The molecule has 4 rings (SSSR count). The number of aromatic nitrogens is 3. The van der Waals surface area contributed by atoms with E-state index in [9.17, 15) is 9.59 Å². The van der Waals surface area contributed by atoms with Crippen molar-refractivity contribution in [2.24, 2.45) is 0 Å². The van der Waals surface area contributed by atoms with Crippen LogP contribution < -0.4 is 15.7 Å². The third-order valence-corrected chi connectivity index (χ3v) is 5.11. The molecule has 0 saturated heterocycles. The highest BCUT2D eigenvalue weighted by Crippen LogP contribution is 2.16. The number of nitrogens with zero attached hydrogens (tertiary/aromatic N) is 4. The quantitative estimate of drug-likeness (QED) is 0.464. The summed E-state index contributed by atoms with van der Waals surface area (Å²) in [4.78, 5) is 26.5. The summed E-state index contributed by atoms with van der Waals surface area (Å²) in [7, 11) is 1.70. The topological polar surface area (TPSA) is 80.9 Å². The molecule has 2 amide bonds. The lowest BCUT2D eigenvalue weighted by Gasteiger charge is -2.18. The lowest BCUT2D eigenvalue weighted by atomic mass is 10.2. The van der Waals surface area contributed by atoms with Crippen LogP contribution in [0.2, 0.25) is 5.02 Å². The lowest BCUT2D eigenvalue weighted by Crippen LogP contribution is -2.34. The third kappa shape index (κ3) is 5.09. The van der Waals surface area contributed by atoms with E-state index in [1.165, 1.54) is 14.0 Å². The number of carbonyl (C=O) groups is 1. The number of amides is 2. The van der Waals surface area contributed by atoms with Gasteiger partial charge in [0.25, 0.3) is 0 Å². The SMILES string of the molecule is CN(CCOc1ccc(Cl)cc1)C(=O)Nc1cccc(Cn2nc3ccccn3c2=O)c1. The van der Waals surface area contributed by atoms with Crippen molar-refractivity contribution in [2.75, 3.05) is 25.5 Å². The van der Waals surface area contributed by atoms with Gasteiger partial charge in [0.2, 0.25) is 0 Å². The molecule has 0 aliphatic rings. The predicted octanol–water partition coefficient (Wildman–Crippen LogP) is 3.74. The van der Waals surface area contributed by atoms with Crippen molar-refractivity contribution in [3.63, 3.8) is 0 Å². The monoisotopic (exact) mass is 451 g/mol. The van der Waals surface area contributed by atoms with Crippen LogP contribution >= 0.6 is 11.6 Å². The van der Waals surface area contributed by atoms with Crippen LogP contribution in [0.3, 0.4) is 0 Å². The minimum Gasteiger partial charge on any atom is -0.492 e. The van der Waals surface area contributed by atoms with Gasteiger partial charge >= 0.3 is 11.7 Å². The average molecular weight is 452 g/mol. The molecule has 0 saturated carbocycles. The second-order valence-corrected chi connectivity index (χ2v) is 7.66. The molecule has 0 bridgehead atoms. The minimum absolute atomic E-state index is 0.213. The minimum atomic E-state index is -0.258. The number of rotatable bonds is 7. The maximum absolute atomic E-state index is 12.5. The number of benzene rings is 2. The molecule has 164 valence electrons. The number of likely N-dealkylation sites (N-methyl/N-ethyl adjacent to an activating group) is 1. The van der Waals surface area contributed by atoms with E-state index in [0.29, 0.717) is 41.8 Å². The number of urea groups is 1. The van der Waals surface area contributed by atoms with E-state index in [-0.39, 0.29) is 11.7 Å². The van der Waals surface area contributed by atoms with Crippen LogP contribution in [0.4, 0.5) is 10.5 Å². The van der Waals surface area contributed by atoms with Gasteiger partial charge in [-0.2, -0.15) is 0 Å². The van der Waals surface area contributed by atoms with Crippen molar-refractivity contribution in [2.45, 2.75) is 6.54 Å². The van der Waals surface area contributed by atoms with Crippen LogP contribution in [0.1, 0.15) is 5.56 Å². The van der Waals surface area contributed by atoms with E-state index >= 15 is 0 Å². The van der Waals surface area contributed by atoms with E-state index < -0.39 is 0 Å². The van der Waals surface area contributed by atoms with Crippen LogP contribution in [0.25, 0.3) is 5.65 Å². The maximum atomic E-state index is 12.5. The van der Waals surface area contributed by atoms with Crippen molar-refractivity contribution in [1.29, 1.82) is 0 Å². The Morgan fingerprint density at radius 1 is 1.12 bits per heavy atom. The Bertz CT molecular complexity index is 1280. The molecule has 2 aromatic carbocycles. The Morgan fingerprint density at radius 2 is 1.94 bits per heavy atom. The Kier molecular flexibility index (Phi) is 6.42. The first-order valence-corrected chi connectivity index (χ1v) is 10.4. The number of carbonyl (C=O) groups excluding carboxylic acids is 1. The molecule has 0 atom stereocenters. The summed E-state index contributed by atoms with van der Waals surface area (Å²) in [5.74, 6) is 0.693. The smallest absolute Gasteiger partial charge is 0.350 e. The molecule has 0 unspecified atom stereocenters. The molecule has 2 aromatic heterocycles. The van der Waals surface area contributed by atoms with Gasteiger partial charge in [-0.25, -0.2) is 14.3 Å². The Balaban J connectivity index is 1.34. The molecule has 9 heteroatoms. The van der Waals surface area contributed by atoms with Crippen molar-refractivity contribution < 1.29 is 9.53 Å². The molecule has 4 aromatic rings. The average Bonchev–Trinajstić information content (AvgIpc) is 3.10. The molecule has 0 spiro atoms. The maximum Gasteiger partial charge on any atom is 0.350 e. The van der Waals surface area contributed by atoms with Gasteiger partial charge in [-0.3, -0.25) is 4.40 Å². The zero-order chi connectivity index (χ0) is 22.5. The summed E-state index contributed by atoms with van der Waals surface area (Å²) in [6, 6.07) is 19.5. The number of anilines is 1. The number of halogens is 1. The Morgan fingerprint density at radius 3 is 2.72 bits per heavy atom.